The van der Waals surface area contributed by atoms with E-state index in [2.05, 4.69) is 433 Å². The number of nitrogens with zero attached hydrogens (tertiary/aromatic N) is 13. The molecule has 2 atom stereocenters. The summed E-state index contributed by atoms with van der Waals surface area (Å²) in [4.78, 5) is 13.5. The van der Waals surface area contributed by atoms with Gasteiger partial charge in [0.05, 0.1) is 39.8 Å². The Labute approximate surface area is 661 Å². The molecule has 2 aliphatic rings. The van der Waals surface area contributed by atoms with Crippen molar-refractivity contribution in [2.75, 3.05) is 21.7 Å². The molecule has 20 rings (SSSR count). The van der Waals surface area contributed by atoms with Crippen LogP contribution >= 0.6 is 0 Å². The maximum Gasteiger partial charge on any atom is 0.293 e. The predicted molar refractivity (Wildman–Crippen MR) is 463 cm³/mol. The highest BCUT2D eigenvalue weighted by Gasteiger charge is 2.31. The fraction of sp³-hybridized carbons (Fsp3) is 0.173. The summed E-state index contributed by atoms with van der Waals surface area (Å²) in [5.41, 5.74) is 25.7. The average molecular weight is 1490 g/mol. The van der Waals surface area contributed by atoms with Gasteiger partial charge >= 0.3 is 0 Å². The topological polar surface area (TPSA) is 87.4 Å². The lowest BCUT2D eigenvalue weighted by Crippen LogP contribution is -2.37. The number of aromatic nitrogens is 9. The molecule has 15 nitrogen and oxygen atoms in total. The Hall–Kier alpha value is -13.5. The van der Waals surface area contributed by atoms with Crippen LogP contribution in [0.1, 0.15) is 47.2 Å². The molecular formula is C98H99N13O2+4. The number of pyridine rings is 1. The largest absolute Gasteiger partial charge is 0.455 e. The van der Waals surface area contributed by atoms with Gasteiger partial charge in [-0.05, 0) is 180 Å². The molecule has 0 fully saturated rings. The first-order valence-corrected chi connectivity index (χ1v) is 38.6. The Kier molecular flexibility index (Phi) is 21.3. The number of hydrogen-bond acceptors (Lipinski definition) is 7. The first-order valence-electron chi connectivity index (χ1n) is 38.6. The number of anilines is 3. The van der Waals surface area contributed by atoms with Gasteiger partial charge in [0, 0.05) is 82.7 Å². The monoisotopic (exact) mass is 1490 g/mol. The standard InChI is InChI=1S/C22H19N2O.C21H18N3O.C17H18N2.C15H15N2.C12H16N2.C11H13N2/c1-14-12-13-16-15-8-4-7-11-19(15)25-21(16)20(14)22-23(2)17-9-5-6-10-18(17)24(22)3;1-13-10-11-14-15-7-6-12-22-20(15)25-19(14)18(13)21-23(2)16-8-4-5-9-17(16)24(21)3;1-14-8-6-7-11-17(14)19-13-12-18(15(19)2)16-9-4-3-5-10-16;1-12-7-3-5-9-14(12)17-15-10-6-4-8-13(15)11-16(17)2;1-10-6-4-5-7-12(10)14-9-8-13(3)11(14)2;1-10-6-3-4-7-11(10)13-9-5-8-12(13)2/h4-13H,1-3H3;4-12H,1-3H3;3-13,15H,1-2H3;3-11H,1-2H3;4-9,11H,1-3H3;3-9H,1-2H3/q2*+1;;+1;;+1/t;;15-;;11-;/m..0.0./s1. The van der Waals surface area contributed by atoms with Crippen LogP contribution in [0.4, 0.5) is 17.1 Å². The van der Waals surface area contributed by atoms with Crippen LogP contribution in [0, 0.1) is 41.5 Å². The molecule has 0 bridgehead atoms. The van der Waals surface area contributed by atoms with Gasteiger partial charge < -0.3 is 28.4 Å². The molecule has 0 saturated carbocycles. The number of hydrogen-bond donors (Lipinski definition) is 0. The Balaban J connectivity index is 0.000000109. The van der Waals surface area contributed by atoms with Gasteiger partial charge in [-0.15, -0.1) is 18.7 Å². The number of para-hydroxylation sites is 11. The fourth-order valence-electron chi connectivity index (χ4n) is 16.0. The molecule has 564 valence electrons. The third-order valence-corrected chi connectivity index (χ3v) is 22.2. The van der Waals surface area contributed by atoms with Crippen molar-refractivity contribution >= 4 is 94.0 Å². The average Bonchev–Trinajstić information content (AvgIpc) is 1.58. The van der Waals surface area contributed by atoms with E-state index in [1.165, 1.54) is 106 Å². The van der Waals surface area contributed by atoms with Gasteiger partial charge in [0.1, 0.15) is 45.9 Å². The number of benzene rings is 11. The Bertz CT molecular complexity index is 6260. The zero-order chi connectivity index (χ0) is 78.7. The predicted octanol–water partition coefficient (Wildman–Crippen LogP) is 20.2. The number of rotatable bonds is 7. The summed E-state index contributed by atoms with van der Waals surface area (Å²) in [6.07, 6.45) is 17.3. The fourth-order valence-corrected chi connectivity index (χ4v) is 16.0. The summed E-state index contributed by atoms with van der Waals surface area (Å²) >= 11 is 0. The van der Waals surface area contributed by atoms with Crippen molar-refractivity contribution in [1.82, 2.24) is 28.4 Å². The van der Waals surface area contributed by atoms with E-state index in [0.29, 0.717) is 18.0 Å². The molecule has 11 aromatic carbocycles. The second-order valence-corrected chi connectivity index (χ2v) is 29.4. The zero-order valence-corrected chi connectivity index (χ0v) is 67.3. The molecular weight excluding hydrogens is 1390 g/mol. The van der Waals surface area contributed by atoms with Crippen molar-refractivity contribution in [3.05, 3.63) is 350 Å². The van der Waals surface area contributed by atoms with E-state index in [1.54, 1.807) is 6.20 Å². The quantitative estimate of drug-likeness (QED) is 0.147. The van der Waals surface area contributed by atoms with Crippen molar-refractivity contribution in [3.8, 4) is 34.2 Å². The molecule has 2 aliphatic heterocycles. The molecule has 0 aliphatic carbocycles. The van der Waals surface area contributed by atoms with Crippen molar-refractivity contribution in [3.63, 3.8) is 0 Å². The van der Waals surface area contributed by atoms with E-state index < -0.39 is 0 Å². The first kappa shape index (κ1) is 74.9. The first-order chi connectivity index (χ1) is 54.9. The lowest BCUT2D eigenvalue weighted by Gasteiger charge is -2.30. The van der Waals surface area contributed by atoms with Crippen LogP contribution < -0.4 is 33.2 Å². The summed E-state index contributed by atoms with van der Waals surface area (Å²) < 4.78 is 30.0. The van der Waals surface area contributed by atoms with Crippen molar-refractivity contribution in [1.29, 1.82) is 0 Å². The smallest absolute Gasteiger partial charge is 0.293 e. The van der Waals surface area contributed by atoms with Crippen molar-refractivity contribution in [2.24, 2.45) is 42.3 Å². The number of furan rings is 2. The third-order valence-electron chi connectivity index (χ3n) is 22.2. The van der Waals surface area contributed by atoms with Crippen LogP contribution in [0.5, 0.6) is 0 Å². The van der Waals surface area contributed by atoms with Gasteiger partial charge in [-0.3, -0.25) is 0 Å². The maximum atomic E-state index is 6.30. The number of fused-ring (bicyclic) bond motifs is 9. The van der Waals surface area contributed by atoms with Gasteiger partial charge in [-0.2, -0.15) is 0 Å². The molecule has 15 heteroatoms. The van der Waals surface area contributed by atoms with Crippen LogP contribution in [-0.4, -0.2) is 47.8 Å². The molecule has 7 aromatic heterocycles. The molecule has 0 spiro atoms. The molecule has 18 aromatic rings. The van der Waals surface area contributed by atoms with Crippen molar-refractivity contribution < 1.29 is 27.3 Å². The van der Waals surface area contributed by atoms with E-state index >= 15 is 0 Å². The summed E-state index contributed by atoms with van der Waals surface area (Å²) in [5, 5.41) is 5.76. The van der Waals surface area contributed by atoms with E-state index in [4.69, 9.17) is 8.83 Å². The van der Waals surface area contributed by atoms with Gasteiger partial charge in [0.15, 0.2) is 53.5 Å². The minimum absolute atomic E-state index is 0.295. The van der Waals surface area contributed by atoms with Gasteiger partial charge in [0.25, 0.3) is 11.6 Å². The van der Waals surface area contributed by atoms with Crippen LogP contribution in [0.2, 0.25) is 0 Å². The van der Waals surface area contributed by atoms with Crippen LogP contribution in [0.25, 0.3) is 111 Å². The van der Waals surface area contributed by atoms with E-state index in [-0.39, 0.29) is 0 Å². The minimum Gasteiger partial charge on any atom is -0.455 e. The lowest BCUT2D eigenvalue weighted by molar-refractivity contribution is -0.744. The molecule has 0 amide bonds. The Morgan fingerprint density at radius 1 is 0.363 bits per heavy atom. The van der Waals surface area contributed by atoms with E-state index in [0.717, 1.165) is 50.3 Å². The third kappa shape index (κ3) is 14.5. The van der Waals surface area contributed by atoms with Gasteiger partial charge in [0.2, 0.25) is 11.9 Å². The second-order valence-electron chi connectivity index (χ2n) is 29.4. The van der Waals surface area contributed by atoms with Gasteiger partial charge in [-0.1, -0.05) is 170 Å². The second kappa shape index (κ2) is 32.2. The highest BCUT2D eigenvalue weighted by atomic mass is 16.3. The van der Waals surface area contributed by atoms with Crippen LogP contribution in [-0.2, 0) is 42.3 Å². The highest BCUT2D eigenvalue weighted by Crippen LogP contribution is 2.40. The number of imidazole rings is 2. The highest BCUT2D eigenvalue weighted by molar-refractivity contribution is 6.10. The number of aryl methyl sites for hydroxylation is 12. The Morgan fingerprint density at radius 3 is 1.37 bits per heavy atom. The van der Waals surface area contributed by atoms with Crippen molar-refractivity contribution in [2.45, 2.75) is 67.7 Å². The van der Waals surface area contributed by atoms with Gasteiger partial charge in [-0.25, -0.2) is 23.3 Å². The van der Waals surface area contributed by atoms with E-state index in [1.807, 2.05) is 43.6 Å². The summed E-state index contributed by atoms with van der Waals surface area (Å²) in [6.45, 7) is 17.3. The molecule has 0 saturated heterocycles. The van der Waals surface area contributed by atoms with Crippen LogP contribution in [0.3, 0.4) is 0 Å². The normalized spacial score (nSPS) is 13.7. The maximum absolute atomic E-state index is 6.30. The molecule has 9 heterocycles. The summed E-state index contributed by atoms with van der Waals surface area (Å²) in [5.74, 6) is 2.28. The molecule has 113 heavy (non-hydrogen) atoms. The molecule has 0 unspecified atom stereocenters. The van der Waals surface area contributed by atoms with Crippen LogP contribution in [0.15, 0.2) is 325 Å². The lowest BCUT2D eigenvalue weighted by atomic mass is 10.0. The molecule has 0 radical (unpaired) electrons. The minimum atomic E-state index is 0.295. The Morgan fingerprint density at radius 2 is 0.823 bits per heavy atom. The summed E-state index contributed by atoms with van der Waals surface area (Å²) in [7, 11) is 14.7. The molecule has 0 N–H and O–H groups in total. The zero-order valence-electron chi connectivity index (χ0n) is 67.3. The SMILES string of the molecule is Cc1ccc2c(oc3ccccc32)c1-c1n(C)c2ccccc2[n+]1C.Cc1ccc2c(oc3ncccc32)c1-c1n(C)c2ccccc2[n+]1C.Cc1ccccc1-n1c2ccccc2c[n+]1C.Cc1ccccc1-n1ccc[n+]1C.Cc1ccccc1N1C=CN(C)[C@@H]1C.Cc1ccccc1N1C=CN(c2ccccc2)[C@@H]1C. The van der Waals surface area contributed by atoms with E-state index in [9.17, 15) is 0 Å². The summed E-state index contributed by atoms with van der Waals surface area (Å²) in [6, 6.07) is 92.6.